The topological polar surface area (TPSA) is 131 Å². The summed E-state index contributed by atoms with van der Waals surface area (Å²) < 4.78 is 23.2. The Kier molecular flexibility index (Phi) is 5.80. The molecule has 0 saturated carbocycles. The smallest absolute Gasteiger partial charge is 0.414 e. The van der Waals surface area contributed by atoms with E-state index in [-0.39, 0.29) is 31.1 Å². The Balaban J connectivity index is 1.45. The highest BCUT2D eigenvalue weighted by Crippen LogP contribution is 2.28. The zero-order chi connectivity index (χ0) is 22.7. The molecule has 32 heavy (non-hydrogen) atoms. The number of imidazole rings is 1. The lowest BCUT2D eigenvalue weighted by Gasteiger charge is -2.14. The summed E-state index contributed by atoms with van der Waals surface area (Å²) in [6, 6.07) is 6.39. The molecule has 11 nitrogen and oxygen atoms in total. The fourth-order valence-electron chi connectivity index (χ4n) is 3.30. The predicted octanol–water partition coefficient (Wildman–Crippen LogP) is 1.31. The van der Waals surface area contributed by atoms with Crippen LogP contribution in [0.15, 0.2) is 36.9 Å². The molecule has 1 saturated heterocycles. The van der Waals surface area contributed by atoms with E-state index in [2.05, 4.69) is 20.6 Å². The molecule has 1 aliphatic heterocycles. The Bertz CT molecular complexity index is 1200. The molecular weight excluding hydrogens is 419 g/mol. The van der Waals surface area contributed by atoms with Gasteiger partial charge < -0.3 is 14.6 Å². The molecule has 4 rings (SSSR count). The minimum Gasteiger partial charge on any atom is -0.442 e. The number of halogens is 1. The molecule has 0 aliphatic carbocycles. The largest absolute Gasteiger partial charge is 0.442 e. The van der Waals surface area contributed by atoms with Crippen LogP contribution in [-0.2, 0) is 22.6 Å². The van der Waals surface area contributed by atoms with Gasteiger partial charge in [0, 0.05) is 18.7 Å². The third-order valence-corrected chi connectivity index (χ3v) is 4.80. The minimum absolute atomic E-state index is 0.190. The van der Waals surface area contributed by atoms with Crippen LogP contribution < -0.4 is 10.2 Å². The van der Waals surface area contributed by atoms with Gasteiger partial charge in [-0.15, -0.1) is 5.10 Å². The summed E-state index contributed by atoms with van der Waals surface area (Å²) in [5, 5.41) is 19.4. The molecule has 1 N–H and O–H groups in total. The standard InChI is InChI=1S/C20H19FN8O3/c1-13(30)23-7-16-10-29(20(31)32-16)15-2-3-17(18(21)6-15)19-11-28(26-25-19)9-14-8-27(5-4-22)12-24-14/h2-3,6,8,11-12,16H,5,7,9-10H2,1H3,(H,23,30)/t16-/m0/s1. The number of hydrogen-bond donors (Lipinski definition) is 1. The molecule has 0 bridgehead atoms. The van der Waals surface area contributed by atoms with Crippen LogP contribution in [0.3, 0.4) is 0 Å². The average molecular weight is 438 g/mol. The van der Waals surface area contributed by atoms with Crippen LogP contribution in [-0.4, -0.2) is 55.7 Å². The lowest BCUT2D eigenvalue weighted by atomic mass is 10.1. The van der Waals surface area contributed by atoms with Crippen molar-refractivity contribution < 1.29 is 18.7 Å². The SMILES string of the molecule is CC(=O)NC[C@H]1CN(c2ccc(-c3cn(Cc4cn(CC#N)cn4)nn3)c(F)c2)C(=O)O1. The summed E-state index contributed by atoms with van der Waals surface area (Å²) in [5.41, 5.74) is 1.60. The number of anilines is 1. The molecule has 0 radical (unpaired) electrons. The second-order valence-electron chi connectivity index (χ2n) is 7.21. The van der Waals surface area contributed by atoms with Gasteiger partial charge in [0.25, 0.3) is 0 Å². The predicted molar refractivity (Wildman–Crippen MR) is 109 cm³/mol. The van der Waals surface area contributed by atoms with Crippen molar-refractivity contribution in [2.75, 3.05) is 18.0 Å². The third-order valence-electron chi connectivity index (χ3n) is 4.80. The van der Waals surface area contributed by atoms with E-state index >= 15 is 0 Å². The first-order valence-corrected chi connectivity index (χ1v) is 9.73. The normalized spacial score (nSPS) is 15.5. The molecule has 0 spiro atoms. The molecule has 164 valence electrons. The van der Waals surface area contributed by atoms with Crippen LogP contribution >= 0.6 is 0 Å². The van der Waals surface area contributed by atoms with E-state index in [4.69, 9.17) is 10.00 Å². The van der Waals surface area contributed by atoms with Crippen LogP contribution in [0, 0.1) is 17.1 Å². The summed E-state index contributed by atoms with van der Waals surface area (Å²) in [6.45, 7) is 2.29. The highest BCUT2D eigenvalue weighted by Gasteiger charge is 2.32. The lowest BCUT2D eigenvalue weighted by molar-refractivity contribution is -0.119. The van der Waals surface area contributed by atoms with E-state index in [1.54, 1.807) is 29.4 Å². The maximum absolute atomic E-state index is 14.8. The Hall–Kier alpha value is -4.27. The molecule has 2 aromatic heterocycles. The van der Waals surface area contributed by atoms with Crippen molar-refractivity contribution in [3.63, 3.8) is 0 Å². The number of amides is 2. The number of nitrogens with zero attached hydrogens (tertiary/aromatic N) is 7. The Labute approximate surface area is 182 Å². The summed E-state index contributed by atoms with van der Waals surface area (Å²) in [5.74, 6) is -0.788. The van der Waals surface area contributed by atoms with E-state index in [0.29, 0.717) is 23.6 Å². The minimum atomic E-state index is -0.603. The fraction of sp³-hybridized carbons (Fsp3) is 0.300. The van der Waals surface area contributed by atoms with Crippen LogP contribution in [0.25, 0.3) is 11.3 Å². The maximum atomic E-state index is 14.8. The second kappa shape index (κ2) is 8.84. The van der Waals surface area contributed by atoms with E-state index < -0.39 is 18.0 Å². The number of cyclic esters (lactones) is 1. The lowest BCUT2D eigenvalue weighted by Crippen LogP contribution is -2.33. The summed E-state index contributed by atoms with van der Waals surface area (Å²) >= 11 is 0. The van der Waals surface area contributed by atoms with Gasteiger partial charge in [0.1, 0.15) is 24.2 Å². The number of nitriles is 1. The molecule has 0 unspecified atom stereocenters. The van der Waals surface area contributed by atoms with Crippen molar-refractivity contribution in [1.82, 2.24) is 29.9 Å². The molecular formula is C20H19FN8O3. The second-order valence-corrected chi connectivity index (χ2v) is 7.21. The van der Waals surface area contributed by atoms with Gasteiger partial charge in [-0.05, 0) is 18.2 Å². The molecule has 1 fully saturated rings. The molecule has 1 aliphatic rings. The van der Waals surface area contributed by atoms with Crippen molar-refractivity contribution >= 4 is 17.7 Å². The highest BCUT2D eigenvalue weighted by atomic mass is 19.1. The van der Waals surface area contributed by atoms with Gasteiger partial charge in [-0.3, -0.25) is 9.69 Å². The zero-order valence-corrected chi connectivity index (χ0v) is 17.1. The molecule has 1 atom stereocenters. The monoisotopic (exact) mass is 438 g/mol. The highest BCUT2D eigenvalue weighted by molar-refractivity contribution is 5.90. The molecule has 12 heteroatoms. The van der Waals surface area contributed by atoms with Gasteiger partial charge in [-0.25, -0.2) is 18.9 Å². The summed E-state index contributed by atoms with van der Waals surface area (Å²) in [6.07, 6.45) is 3.77. The van der Waals surface area contributed by atoms with E-state index in [1.807, 2.05) is 6.07 Å². The molecule has 2 amide bonds. The van der Waals surface area contributed by atoms with Crippen LogP contribution in [0.2, 0.25) is 0 Å². The van der Waals surface area contributed by atoms with E-state index in [1.165, 1.54) is 28.6 Å². The maximum Gasteiger partial charge on any atom is 0.414 e. The van der Waals surface area contributed by atoms with E-state index in [9.17, 15) is 14.0 Å². The number of benzene rings is 1. The van der Waals surface area contributed by atoms with Crippen molar-refractivity contribution in [2.24, 2.45) is 0 Å². The van der Waals surface area contributed by atoms with Gasteiger partial charge in [0.05, 0.1) is 49.6 Å². The van der Waals surface area contributed by atoms with Gasteiger partial charge in [0.2, 0.25) is 5.91 Å². The number of carbonyl (C=O) groups excluding carboxylic acids is 2. The number of ether oxygens (including phenoxy) is 1. The van der Waals surface area contributed by atoms with Gasteiger partial charge in [-0.2, -0.15) is 5.26 Å². The average Bonchev–Trinajstić information content (AvgIpc) is 3.48. The summed E-state index contributed by atoms with van der Waals surface area (Å²) in [7, 11) is 0. The summed E-state index contributed by atoms with van der Waals surface area (Å²) in [4.78, 5) is 28.7. The van der Waals surface area contributed by atoms with Crippen molar-refractivity contribution in [1.29, 1.82) is 5.26 Å². The molecule has 3 aromatic rings. The first kappa shape index (κ1) is 21.0. The van der Waals surface area contributed by atoms with Crippen LogP contribution in [0.4, 0.5) is 14.9 Å². The number of hydrogen-bond acceptors (Lipinski definition) is 7. The fourth-order valence-corrected chi connectivity index (χ4v) is 3.30. The number of nitrogens with one attached hydrogen (secondary N) is 1. The Morgan fingerprint density at radius 1 is 1.41 bits per heavy atom. The number of aromatic nitrogens is 5. The van der Waals surface area contributed by atoms with E-state index in [0.717, 1.165) is 0 Å². The Morgan fingerprint density at radius 3 is 3.00 bits per heavy atom. The quantitative estimate of drug-likeness (QED) is 0.588. The third kappa shape index (κ3) is 4.56. The van der Waals surface area contributed by atoms with Crippen LogP contribution in [0.1, 0.15) is 12.6 Å². The molecule has 3 heterocycles. The van der Waals surface area contributed by atoms with Gasteiger partial charge in [-0.1, -0.05) is 5.21 Å². The first-order chi connectivity index (χ1) is 15.4. The van der Waals surface area contributed by atoms with Crippen molar-refractivity contribution in [2.45, 2.75) is 26.1 Å². The number of rotatable bonds is 7. The van der Waals surface area contributed by atoms with Crippen LogP contribution in [0.5, 0.6) is 0 Å². The van der Waals surface area contributed by atoms with Crippen molar-refractivity contribution in [3.8, 4) is 17.3 Å². The van der Waals surface area contributed by atoms with Gasteiger partial charge >= 0.3 is 6.09 Å². The first-order valence-electron chi connectivity index (χ1n) is 9.73. The number of carbonyl (C=O) groups is 2. The van der Waals surface area contributed by atoms with Crippen molar-refractivity contribution in [3.05, 3.63) is 48.4 Å². The Morgan fingerprint density at radius 2 is 2.25 bits per heavy atom. The zero-order valence-electron chi connectivity index (χ0n) is 17.1. The van der Waals surface area contributed by atoms with Gasteiger partial charge in [0.15, 0.2) is 0 Å². The molecule has 1 aromatic carbocycles.